The van der Waals surface area contributed by atoms with E-state index in [9.17, 15) is 0 Å². The maximum Gasteiger partial charge on any atom is 0.0109 e. The summed E-state index contributed by atoms with van der Waals surface area (Å²) in [5.74, 6) is 0.985. The Balaban J connectivity index is 2.29. The number of hydrogen-bond donors (Lipinski definition) is 1. The zero-order chi connectivity index (χ0) is 15.2. The van der Waals surface area contributed by atoms with Gasteiger partial charge < -0.3 is 9.80 Å². The molecule has 1 heterocycles. The second-order valence-corrected chi connectivity index (χ2v) is 8.74. The third-order valence-corrected chi connectivity index (χ3v) is 5.25. The Morgan fingerprint density at radius 1 is 0.800 bits per heavy atom. The molecule has 0 aromatic carbocycles. The zero-order valence-electron chi connectivity index (χ0n) is 14.4. The molecule has 0 unspecified atom stereocenters. The lowest BCUT2D eigenvalue weighted by atomic mass is 9.91. The first kappa shape index (κ1) is 18.3. The average molecular weight is 301 g/mol. The van der Waals surface area contributed by atoms with Crippen LogP contribution in [0.25, 0.3) is 0 Å². The van der Waals surface area contributed by atoms with E-state index >= 15 is 0 Å². The minimum atomic E-state index is 0.376. The van der Waals surface area contributed by atoms with Gasteiger partial charge >= 0.3 is 0 Å². The van der Waals surface area contributed by atoms with Crippen LogP contribution in [0.3, 0.4) is 0 Å². The molecule has 20 heavy (non-hydrogen) atoms. The van der Waals surface area contributed by atoms with E-state index in [1.807, 2.05) is 0 Å². The zero-order valence-corrected chi connectivity index (χ0v) is 15.3. The molecule has 0 saturated carbocycles. The Bertz CT molecular complexity index is 271. The summed E-state index contributed by atoms with van der Waals surface area (Å²) in [6.07, 6.45) is 3.89. The molecule has 0 amide bonds. The van der Waals surface area contributed by atoms with Crippen molar-refractivity contribution in [3.8, 4) is 0 Å². The van der Waals surface area contributed by atoms with Gasteiger partial charge in [-0.15, -0.1) is 0 Å². The van der Waals surface area contributed by atoms with Gasteiger partial charge in [-0.3, -0.25) is 0 Å². The van der Waals surface area contributed by atoms with Crippen LogP contribution in [0, 0.1) is 10.8 Å². The van der Waals surface area contributed by atoms with Crippen LogP contribution in [0.15, 0.2) is 0 Å². The van der Waals surface area contributed by atoms with Gasteiger partial charge in [-0.1, -0.05) is 34.6 Å². The minimum absolute atomic E-state index is 0.376. The molecule has 0 aromatic heterocycles. The third kappa shape index (κ3) is 7.90. The van der Waals surface area contributed by atoms with Crippen LogP contribution in [-0.4, -0.2) is 54.8 Å². The van der Waals surface area contributed by atoms with E-state index in [4.69, 9.17) is 0 Å². The topological polar surface area (TPSA) is 6.48 Å². The van der Waals surface area contributed by atoms with Crippen molar-refractivity contribution in [2.75, 3.05) is 45.0 Å². The van der Waals surface area contributed by atoms with E-state index in [1.54, 1.807) is 0 Å². The predicted octanol–water partition coefficient (Wildman–Crippen LogP) is 3.78. The van der Waals surface area contributed by atoms with Gasteiger partial charge in [0.15, 0.2) is 0 Å². The van der Waals surface area contributed by atoms with Crippen molar-refractivity contribution < 1.29 is 0 Å². The number of hydrogen-bond acceptors (Lipinski definition) is 3. The monoisotopic (exact) mass is 300 g/mol. The maximum atomic E-state index is 4.46. The Labute approximate surface area is 132 Å². The van der Waals surface area contributed by atoms with Crippen LogP contribution in [0.4, 0.5) is 0 Å². The molecule has 0 radical (unpaired) electrons. The highest BCUT2D eigenvalue weighted by Crippen LogP contribution is 2.23. The Morgan fingerprint density at radius 3 is 1.75 bits per heavy atom. The molecular weight excluding hydrogens is 264 g/mol. The van der Waals surface area contributed by atoms with E-state index in [-0.39, 0.29) is 0 Å². The first-order chi connectivity index (χ1) is 9.22. The van der Waals surface area contributed by atoms with Crippen molar-refractivity contribution in [3.05, 3.63) is 0 Å². The summed E-state index contributed by atoms with van der Waals surface area (Å²) >= 11 is 4.46. The molecule has 0 aliphatic carbocycles. The molecule has 1 fully saturated rings. The van der Waals surface area contributed by atoms with Gasteiger partial charge in [-0.2, -0.15) is 12.6 Å². The van der Waals surface area contributed by atoms with Crippen molar-refractivity contribution in [3.63, 3.8) is 0 Å². The quantitative estimate of drug-likeness (QED) is 0.746. The maximum absolute atomic E-state index is 4.46. The Morgan fingerprint density at radius 2 is 1.30 bits per heavy atom. The van der Waals surface area contributed by atoms with E-state index in [1.165, 1.54) is 58.5 Å². The van der Waals surface area contributed by atoms with Crippen molar-refractivity contribution in [2.45, 2.75) is 53.9 Å². The minimum Gasteiger partial charge on any atom is -0.302 e. The fraction of sp³-hybridized carbons (Fsp3) is 1.00. The van der Waals surface area contributed by atoms with Crippen molar-refractivity contribution in [2.24, 2.45) is 10.8 Å². The standard InChI is InChI=1S/C17H36N2S/c1-16(2,3)7-11-18-9-6-10-19(14-13-18)12-8-17(4,5)15-20/h20H,6-15H2,1-5H3. The molecule has 120 valence electrons. The lowest BCUT2D eigenvalue weighted by Gasteiger charge is -2.28. The largest absolute Gasteiger partial charge is 0.302 e. The van der Waals surface area contributed by atoms with Crippen LogP contribution >= 0.6 is 12.6 Å². The SMILES string of the molecule is CC(C)(C)CCN1CCCN(CCC(C)(C)CS)CC1. The van der Waals surface area contributed by atoms with Crippen LogP contribution < -0.4 is 0 Å². The van der Waals surface area contributed by atoms with Gasteiger partial charge in [-0.05, 0) is 62.0 Å². The normalized spacial score (nSPS) is 20.1. The number of thiol groups is 1. The molecule has 1 aliphatic rings. The first-order valence-electron chi connectivity index (χ1n) is 8.27. The number of nitrogens with zero attached hydrogens (tertiary/aromatic N) is 2. The van der Waals surface area contributed by atoms with E-state index in [0.717, 1.165) is 5.75 Å². The molecule has 0 spiro atoms. The fourth-order valence-corrected chi connectivity index (χ4v) is 2.66. The van der Waals surface area contributed by atoms with Gasteiger partial charge in [0.1, 0.15) is 0 Å². The van der Waals surface area contributed by atoms with Crippen LogP contribution in [-0.2, 0) is 0 Å². The lowest BCUT2D eigenvalue weighted by molar-refractivity contribution is 0.213. The van der Waals surface area contributed by atoms with E-state index < -0.39 is 0 Å². The van der Waals surface area contributed by atoms with Gasteiger partial charge in [-0.25, -0.2) is 0 Å². The highest BCUT2D eigenvalue weighted by molar-refractivity contribution is 7.80. The molecule has 0 atom stereocenters. The Hall–Kier alpha value is 0.270. The molecule has 1 rings (SSSR count). The summed E-state index contributed by atoms with van der Waals surface area (Å²) < 4.78 is 0. The van der Waals surface area contributed by atoms with Gasteiger partial charge in [0, 0.05) is 13.1 Å². The van der Waals surface area contributed by atoms with Gasteiger partial charge in [0.25, 0.3) is 0 Å². The molecular formula is C17H36N2S. The second-order valence-electron chi connectivity index (χ2n) is 8.42. The van der Waals surface area contributed by atoms with E-state index in [2.05, 4.69) is 57.0 Å². The summed E-state index contributed by atoms with van der Waals surface area (Å²) in [5.41, 5.74) is 0.837. The molecule has 0 bridgehead atoms. The fourth-order valence-electron chi connectivity index (χ4n) is 2.50. The van der Waals surface area contributed by atoms with Crippen molar-refractivity contribution >= 4 is 12.6 Å². The van der Waals surface area contributed by atoms with Crippen LogP contribution in [0.2, 0.25) is 0 Å². The summed E-state index contributed by atoms with van der Waals surface area (Å²) in [6, 6.07) is 0. The Kier molecular flexibility index (Phi) is 7.37. The van der Waals surface area contributed by atoms with Gasteiger partial charge in [0.05, 0.1) is 0 Å². The molecule has 1 saturated heterocycles. The average Bonchev–Trinajstić information content (AvgIpc) is 2.58. The third-order valence-electron chi connectivity index (χ3n) is 4.39. The summed E-state index contributed by atoms with van der Waals surface area (Å²) in [5, 5.41) is 0. The highest BCUT2D eigenvalue weighted by atomic mass is 32.1. The first-order valence-corrected chi connectivity index (χ1v) is 8.91. The molecule has 0 aromatic rings. The van der Waals surface area contributed by atoms with Crippen molar-refractivity contribution in [1.29, 1.82) is 0 Å². The molecule has 3 heteroatoms. The highest BCUT2D eigenvalue weighted by Gasteiger charge is 2.20. The molecule has 0 N–H and O–H groups in total. The van der Waals surface area contributed by atoms with E-state index in [0.29, 0.717) is 10.8 Å². The van der Waals surface area contributed by atoms with Crippen molar-refractivity contribution in [1.82, 2.24) is 9.80 Å². The predicted molar refractivity (Wildman–Crippen MR) is 93.8 cm³/mol. The number of rotatable bonds is 6. The lowest BCUT2D eigenvalue weighted by Crippen LogP contribution is -2.34. The molecule has 1 aliphatic heterocycles. The smallest absolute Gasteiger partial charge is 0.0109 e. The molecule has 2 nitrogen and oxygen atoms in total. The van der Waals surface area contributed by atoms with Gasteiger partial charge in [0.2, 0.25) is 0 Å². The van der Waals surface area contributed by atoms with Crippen LogP contribution in [0.1, 0.15) is 53.9 Å². The van der Waals surface area contributed by atoms with Crippen LogP contribution in [0.5, 0.6) is 0 Å². The summed E-state index contributed by atoms with van der Waals surface area (Å²) in [4.78, 5) is 5.32. The summed E-state index contributed by atoms with van der Waals surface area (Å²) in [6.45, 7) is 19.2. The second kappa shape index (κ2) is 8.05. The summed E-state index contributed by atoms with van der Waals surface area (Å²) in [7, 11) is 0.